The number of methoxy groups -OCH3 is 2. The van der Waals surface area contributed by atoms with Gasteiger partial charge in [-0.1, -0.05) is 30.3 Å². The second-order valence-electron chi connectivity index (χ2n) is 6.35. The molecule has 0 saturated carbocycles. The fraction of sp³-hybridized carbons (Fsp3) is 0.136. The molecule has 0 bridgehead atoms. The fourth-order valence-electron chi connectivity index (χ4n) is 3.38. The van der Waals surface area contributed by atoms with Gasteiger partial charge < -0.3 is 20.3 Å². The number of hydrogen-bond acceptors (Lipinski definition) is 8. The van der Waals surface area contributed by atoms with E-state index in [2.05, 4.69) is 6.07 Å². The topological polar surface area (TPSA) is 126 Å². The van der Waals surface area contributed by atoms with E-state index in [-0.39, 0.29) is 28.4 Å². The number of hydrogen-bond donors (Lipinski definition) is 2. The number of nitrogens with zero attached hydrogens (tertiary/aromatic N) is 2. The molecular weight excluding hydrogens is 386 g/mol. The van der Waals surface area contributed by atoms with Crippen molar-refractivity contribution in [3.63, 3.8) is 0 Å². The van der Waals surface area contributed by atoms with E-state index in [4.69, 9.17) is 15.2 Å². The van der Waals surface area contributed by atoms with Gasteiger partial charge in [-0.15, -0.1) is 0 Å². The smallest absolute Gasteiger partial charge is 0.355 e. The minimum absolute atomic E-state index is 0.00207. The van der Waals surface area contributed by atoms with E-state index in [9.17, 15) is 20.0 Å². The van der Waals surface area contributed by atoms with Crippen LogP contribution in [0, 0.1) is 11.3 Å². The van der Waals surface area contributed by atoms with Gasteiger partial charge in [0.05, 0.1) is 37.4 Å². The number of nitriles is 1. The molecule has 0 amide bonds. The standard InChI is InChI=1S/C22H19N3O5/c1-29-21(27)18-17(13-6-4-3-5-7-13)16(12-23)20(24)25(19(18)22(28)30-2)14-8-10-15(26)11-9-14/h3-11,17,26H,24H2,1-2H3. The molecule has 1 heterocycles. The maximum Gasteiger partial charge on any atom is 0.355 e. The summed E-state index contributed by atoms with van der Waals surface area (Å²) in [6, 6.07) is 16.6. The Morgan fingerprint density at radius 3 is 2.17 bits per heavy atom. The maximum absolute atomic E-state index is 12.9. The van der Waals surface area contributed by atoms with Gasteiger partial charge in [0.1, 0.15) is 17.3 Å². The van der Waals surface area contributed by atoms with E-state index >= 15 is 0 Å². The molecule has 1 unspecified atom stereocenters. The Labute approximate surface area is 173 Å². The minimum Gasteiger partial charge on any atom is -0.508 e. The lowest BCUT2D eigenvalue weighted by Crippen LogP contribution is -2.40. The van der Waals surface area contributed by atoms with E-state index in [1.807, 2.05) is 0 Å². The molecule has 1 atom stereocenters. The molecule has 30 heavy (non-hydrogen) atoms. The van der Waals surface area contributed by atoms with Crippen LogP contribution in [0.25, 0.3) is 0 Å². The highest BCUT2D eigenvalue weighted by Crippen LogP contribution is 2.43. The lowest BCUT2D eigenvalue weighted by Gasteiger charge is -2.35. The summed E-state index contributed by atoms with van der Waals surface area (Å²) < 4.78 is 9.89. The summed E-state index contributed by atoms with van der Waals surface area (Å²) in [6.45, 7) is 0. The molecule has 1 aliphatic rings. The van der Waals surface area contributed by atoms with Crippen LogP contribution in [0.5, 0.6) is 5.75 Å². The monoisotopic (exact) mass is 405 g/mol. The van der Waals surface area contributed by atoms with Crippen LogP contribution in [-0.2, 0) is 19.1 Å². The van der Waals surface area contributed by atoms with Crippen molar-refractivity contribution in [2.75, 3.05) is 19.1 Å². The van der Waals surface area contributed by atoms with E-state index < -0.39 is 17.9 Å². The van der Waals surface area contributed by atoms with Gasteiger partial charge in [-0.05, 0) is 29.8 Å². The third-order valence-corrected chi connectivity index (χ3v) is 4.72. The SMILES string of the molecule is COC(=O)C1=C(C(=O)OC)N(c2ccc(O)cc2)C(N)=C(C#N)C1c1ccccc1. The fourth-order valence-corrected chi connectivity index (χ4v) is 3.38. The Morgan fingerprint density at radius 1 is 1.03 bits per heavy atom. The molecule has 2 aromatic carbocycles. The molecule has 0 aromatic heterocycles. The lowest BCUT2D eigenvalue weighted by atomic mass is 9.81. The average Bonchev–Trinajstić information content (AvgIpc) is 2.78. The van der Waals surface area contributed by atoms with Crippen LogP contribution in [-0.4, -0.2) is 31.3 Å². The molecule has 0 fully saturated rings. The Morgan fingerprint density at radius 2 is 1.63 bits per heavy atom. The molecule has 3 rings (SSSR count). The highest BCUT2D eigenvalue weighted by Gasteiger charge is 2.42. The summed E-state index contributed by atoms with van der Waals surface area (Å²) in [5.41, 5.74) is 7.12. The van der Waals surface area contributed by atoms with Gasteiger partial charge >= 0.3 is 11.9 Å². The number of phenols is 1. The second kappa shape index (κ2) is 8.41. The maximum atomic E-state index is 12.9. The number of rotatable bonds is 4. The van der Waals surface area contributed by atoms with Crippen molar-refractivity contribution in [2.45, 2.75) is 5.92 Å². The van der Waals surface area contributed by atoms with E-state index in [0.29, 0.717) is 11.3 Å². The van der Waals surface area contributed by atoms with Crippen LogP contribution in [0.15, 0.2) is 77.3 Å². The molecule has 152 valence electrons. The quantitative estimate of drug-likeness (QED) is 0.742. The van der Waals surface area contributed by atoms with Gasteiger partial charge in [0.15, 0.2) is 0 Å². The zero-order valence-corrected chi connectivity index (χ0v) is 16.3. The van der Waals surface area contributed by atoms with Crippen molar-refractivity contribution in [3.8, 4) is 11.8 Å². The minimum atomic E-state index is -0.925. The summed E-state index contributed by atoms with van der Waals surface area (Å²) in [4.78, 5) is 26.9. The van der Waals surface area contributed by atoms with Gasteiger partial charge in [0, 0.05) is 5.69 Å². The van der Waals surface area contributed by atoms with Crippen LogP contribution in [0.1, 0.15) is 11.5 Å². The number of phenolic OH excluding ortho intramolecular Hbond substituents is 1. The second-order valence-corrected chi connectivity index (χ2v) is 6.35. The Balaban J connectivity index is 2.39. The first kappa shape index (κ1) is 20.5. The molecule has 1 aliphatic heterocycles. The average molecular weight is 405 g/mol. The summed E-state index contributed by atoms with van der Waals surface area (Å²) in [6.07, 6.45) is 0. The number of allylic oxidation sites excluding steroid dienone is 1. The molecule has 3 N–H and O–H groups in total. The van der Waals surface area contributed by atoms with E-state index in [1.54, 1.807) is 30.3 Å². The van der Waals surface area contributed by atoms with Crippen molar-refractivity contribution in [3.05, 3.63) is 82.8 Å². The molecule has 0 aliphatic carbocycles. The number of benzene rings is 2. The summed E-state index contributed by atoms with van der Waals surface area (Å²) in [5, 5.41) is 19.5. The van der Waals surface area contributed by atoms with Crippen LogP contribution in [0.3, 0.4) is 0 Å². The number of nitrogens with two attached hydrogens (primary N) is 1. The van der Waals surface area contributed by atoms with Crippen molar-refractivity contribution in [1.82, 2.24) is 0 Å². The number of aromatic hydroxyl groups is 1. The van der Waals surface area contributed by atoms with E-state index in [0.717, 1.165) is 0 Å². The Kier molecular flexibility index (Phi) is 5.74. The molecule has 0 radical (unpaired) electrons. The summed E-state index contributed by atoms with van der Waals surface area (Å²) in [7, 11) is 2.36. The molecule has 8 nitrogen and oxygen atoms in total. The lowest BCUT2D eigenvalue weighted by molar-refractivity contribution is -0.139. The number of anilines is 1. The molecule has 2 aromatic rings. The van der Waals surface area contributed by atoms with Crippen molar-refractivity contribution in [1.29, 1.82) is 5.26 Å². The van der Waals surface area contributed by atoms with Gasteiger partial charge in [-0.3, -0.25) is 4.90 Å². The van der Waals surface area contributed by atoms with Gasteiger partial charge in [-0.25, -0.2) is 9.59 Å². The van der Waals surface area contributed by atoms with E-state index in [1.165, 1.54) is 43.4 Å². The van der Waals surface area contributed by atoms with Crippen LogP contribution in [0.2, 0.25) is 0 Å². The predicted octanol–water partition coefficient (Wildman–Crippen LogP) is 2.29. The normalized spacial score (nSPS) is 16.2. The number of carbonyl (C=O) groups is 2. The van der Waals surface area contributed by atoms with Gasteiger partial charge in [-0.2, -0.15) is 5.26 Å². The highest BCUT2D eigenvalue weighted by molar-refractivity contribution is 6.06. The van der Waals surface area contributed by atoms with Crippen LogP contribution < -0.4 is 10.6 Å². The number of carbonyl (C=O) groups excluding carboxylic acids is 2. The van der Waals surface area contributed by atoms with Crippen LogP contribution in [0.4, 0.5) is 5.69 Å². The molecular formula is C22H19N3O5. The van der Waals surface area contributed by atoms with Crippen molar-refractivity contribution >= 4 is 17.6 Å². The van der Waals surface area contributed by atoms with Gasteiger partial charge in [0.2, 0.25) is 0 Å². The molecule has 0 spiro atoms. The first-order valence-corrected chi connectivity index (χ1v) is 8.89. The highest BCUT2D eigenvalue weighted by atomic mass is 16.5. The largest absolute Gasteiger partial charge is 0.508 e. The number of ether oxygens (including phenoxy) is 2. The van der Waals surface area contributed by atoms with Crippen LogP contribution >= 0.6 is 0 Å². The predicted molar refractivity (Wildman–Crippen MR) is 108 cm³/mol. The summed E-state index contributed by atoms with van der Waals surface area (Å²) in [5.74, 6) is -2.59. The van der Waals surface area contributed by atoms with Crippen molar-refractivity contribution < 1.29 is 24.2 Å². The zero-order valence-electron chi connectivity index (χ0n) is 16.3. The third kappa shape index (κ3) is 3.44. The molecule has 8 heteroatoms. The first-order valence-electron chi connectivity index (χ1n) is 8.89. The zero-order chi connectivity index (χ0) is 21.8. The summed E-state index contributed by atoms with van der Waals surface area (Å²) >= 11 is 0. The Hall–Kier alpha value is -4.25. The van der Waals surface area contributed by atoms with Crippen molar-refractivity contribution in [2.24, 2.45) is 5.73 Å². The first-order chi connectivity index (χ1) is 14.4. The third-order valence-electron chi connectivity index (χ3n) is 4.72. The number of esters is 2. The van der Waals surface area contributed by atoms with Gasteiger partial charge in [0.25, 0.3) is 0 Å². The molecule has 0 saturated heterocycles. The Bertz CT molecular complexity index is 1080.